The summed E-state index contributed by atoms with van der Waals surface area (Å²) in [5.41, 5.74) is 1.28. The number of amides is 1. The lowest BCUT2D eigenvalue weighted by Gasteiger charge is -2.15. The second kappa shape index (κ2) is 5.82. The highest BCUT2D eigenvalue weighted by Crippen LogP contribution is 2.14. The van der Waals surface area contributed by atoms with Gasteiger partial charge in [0.05, 0.1) is 5.92 Å². The maximum atomic E-state index is 11.8. The van der Waals surface area contributed by atoms with E-state index in [1.54, 1.807) is 0 Å². The highest BCUT2D eigenvalue weighted by molar-refractivity contribution is 5.79. The van der Waals surface area contributed by atoms with Crippen LogP contribution in [0.25, 0.3) is 0 Å². The van der Waals surface area contributed by atoms with Crippen LogP contribution in [0.5, 0.6) is 0 Å². The highest BCUT2D eigenvalue weighted by Gasteiger charge is 2.22. The molecule has 2 atom stereocenters. The topological polar surface area (TPSA) is 41.1 Å². The van der Waals surface area contributed by atoms with Gasteiger partial charge in [0, 0.05) is 13.1 Å². The molecular formula is C14H20N2O. The van der Waals surface area contributed by atoms with Crippen molar-refractivity contribution in [2.75, 3.05) is 19.6 Å². The first-order valence-corrected chi connectivity index (χ1v) is 6.30. The van der Waals surface area contributed by atoms with E-state index in [-0.39, 0.29) is 11.8 Å². The Morgan fingerprint density at radius 3 is 2.88 bits per heavy atom. The minimum Gasteiger partial charge on any atom is -0.355 e. The molecule has 0 bridgehead atoms. The number of hydrogen-bond donors (Lipinski definition) is 2. The molecule has 1 saturated heterocycles. The summed E-state index contributed by atoms with van der Waals surface area (Å²) in [5.74, 6) is 0.727. The predicted molar refractivity (Wildman–Crippen MR) is 68.8 cm³/mol. The Labute approximate surface area is 103 Å². The zero-order chi connectivity index (χ0) is 12.1. The minimum atomic E-state index is 0.165. The Morgan fingerprint density at radius 2 is 2.24 bits per heavy atom. The molecule has 1 aliphatic rings. The Balaban J connectivity index is 1.80. The number of carbonyl (C=O) groups excluding carboxylic acids is 1. The molecular weight excluding hydrogens is 212 g/mol. The van der Waals surface area contributed by atoms with Gasteiger partial charge in [-0.05, 0) is 24.4 Å². The van der Waals surface area contributed by atoms with Gasteiger partial charge >= 0.3 is 0 Å². The van der Waals surface area contributed by atoms with Gasteiger partial charge in [-0.3, -0.25) is 4.79 Å². The summed E-state index contributed by atoms with van der Waals surface area (Å²) < 4.78 is 0. The number of rotatable bonds is 4. The maximum Gasteiger partial charge on any atom is 0.224 e. The molecule has 0 aliphatic carbocycles. The van der Waals surface area contributed by atoms with Crippen LogP contribution in [-0.4, -0.2) is 25.5 Å². The molecule has 1 fully saturated rings. The van der Waals surface area contributed by atoms with Gasteiger partial charge in [0.15, 0.2) is 0 Å². The molecule has 2 rings (SSSR count). The summed E-state index contributed by atoms with van der Waals surface area (Å²) in [4.78, 5) is 11.8. The average Bonchev–Trinajstić information content (AvgIpc) is 2.90. The molecule has 1 amide bonds. The maximum absolute atomic E-state index is 11.8. The Morgan fingerprint density at radius 1 is 1.47 bits per heavy atom. The molecule has 0 saturated carbocycles. The monoisotopic (exact) mass is 232 g/mol. The summed E-state index contributed by atoms with van der Waals surface area (Å²) in [6.07, 6.45) is 0.964. The zero-order valence-corrected chi connectivity index (χ0v) is 10.3. The smallest absolute Gasteiger partial charge is 0.224 e. The molecule has 1 heterocycles. The molecule has 2 N–H and O–H groups in total. The quantitative estimate of drug-likeness (QED) is 0.826. The van der Waals surface area contributed by atoms with Crippen molar-refractivity contribution in [3.8, 4) is 0 Å². The van der Waals surface area contributed by atoms with Crippen molar-refractivity contribution in [3.63, 3.8) is 0 Å². The van der Waals surface area contributed by atoms with Crippen molar-refractivity contribution < 1.29 is 4.79 Å². The Kier molecular flexibility index (Phi) is 4.15. The van der Waals surface area contributed by atoms with Crippen LogP contribution >= 0.6 is 0 Å². The van der Waals surface area contributed by atoms with Gasteiger partial charge in [-0.25, -0.2) is 0 Å². The summed E-state index contributed by atoms with van der Waals surface area (Å²) in [5, 5.41) is 6.26. The van der Waals surface area contributed by atoms with E-state index >= 15 is 0 Å². The van der Waals surface area contributed by atoms with Gasteiger partial charge in [0.2, 0.25) is 5.91 Å². The summed E-state index contributed by atoms with van der Waals surface area (Å²) in [6.45, 7) is 4.65. The van der Waals surface area contributed by atoms with Crippen molar-refractivity contribution in [1.82, 2.24) is 10.6 Å². The lowest BCUT2D eigenvalue weighted by atomic mass is 10.0. The van der Waals surface area contributed by atoms with Gasteiger partial charge in [-0.2, -0.15) is 0 Å². The van der Waals surface area contributed by atoms with Crippen LogP contribution in [0.2, 0.25) is 0 Å². The predicted octanol–water partition coefficient (Wildman–Crippen LogP) is 1.52. The largest absolute Gasteiger partial charge is 0.355 e. The fourth-order valence-electron chi connectivity index (χ4n) is 2.18. The second-order valence-corrected chi connectivity index (χ2v) is 4.75. The number of benzene rings is 1. The van der Waals surface area contributed by atoms with Crippen LogP contribution in [0.3, 0.4) is 0 Å². The van der Waals surface area contributed by atoms with Crippen molar-refractivity contribution >= 4 is 5.91 Å². The van der Waals surface area contributed by atoms with Crippen LogP contribution < -0.4 is 10.6 Å². The van der Waals surface area contributed by atoms with Crippen LogP contribution in [-0.2, 0) is 4.79 Å². The van der Waals surface area contributed by atoms with Crippen LogP contribution in [0.1, 0.15) is 24.8 Å². The minimum absolute atomic E-state index is 0.165. The molecule has 0 radical (unpaired) electrons. The molecule has 1 aromatic rings. The third-order valence-electron chi connectivity index (χ3n) is 3.38. The molecule has 2 unspecified atom stereocenters. The second-order valence-electron chi connectivity index (χ2n) is 4.75. The summed E-state index contributed by atoms with van der Waals surface area (Å²) >= 11 is 0. The van der Waals surface area contributed by atoms with E-state index in [1.165, 1.54) is 5.56 Å². The Bertz CT molecular complexity index is 358. The van der Waals surface area contributed by atoms with Gasteiger partial charge in [0.25, 0.3) is 0 Å². The first-order chi connectivity index (χ1) is 8.27. The molecule has 1 aromatic carbocycles. The number of nitrogens with one attached hydrogen (secondary N) is 2. The SMILES string of the molecule is CC(CNC(=O)C1CCNC1)c1ccccc1. The van der Waals surface area contributed by atoms with E-state index in [1.807, 2.05) is 18.2 Å². The van der Waals surface area contributed by atoms with Crippen LogP contribution in [0.4, 0.5) is 0 Å². The fourth-order valence-corrected chi connectivity index (χ4v) is 2.18. The van der Waals surface area contributed by atoms with Crippen molar-refractivity contribution in [2.45, 2.75) is 19.3 Å². The average molecular weight is 232 g/mol. The van der Waals surface area contributed by atoms with Gasteiger partial charge in [-0.15, -0.1) is 0 Å². The van der Waals surface area contributed by atoms with Gasteiger partial charge in [-0.1, -0.05) is 37.3 Å². The number of hydrogen-bond acceptors (Lipinski definition) is 2. The lowest BCUT2D eigenvalue weighted by Crippen LogP contribution is -2.34. The Hall–Kier alpha value is -1.35. The molecule has 0 aromatic heterocycles. The standard InChI is InChI=1S/C14H20N2O/c1-11(12-5-3-2-4-6-12)9-16-14(17)13-7-8-15-10-13/h2-6,11,13,15H,7-10H2,1H3,(H,16,17). The van der Waals surface area contributed by atoms with Crippen molar-refractivity contribution in [3.05, 3.63) is 35.9 Å². The van der Waals surface area contributed by atoms with E-state index in [0.717, 1.165) is 26.1 Å². The first kappa shape index (κ1) is 12.1. The molecule has 3 heteroatoms. The van der Waals surface area contributed by atoms with Crippen molar-refractivity contribution in [1.29, 1.82) is 0 Å². The fraction of sp³-hybridized carbons (Fsp3) is 0.500. The third kappa shape index (κ3) is 3.30. The molecule has 17 heavy (non-hydrogen) atoms. The molecule has 92 valence electrons. The van der Waals surface area contributed by atoms with E-state index in [4.69, 9.17) is 0 Å². The highest BCUT2D eigenvalue weighted by atomic mass is 16.1. The molecule has 1 aliphatic heterocycles. The van der Waals surface area contributed by atoms with Crippen molar-refractivity contribution in [2.24, 2.45) is 5.92 Å². The lowest BCUT2D eigenvalue weighted by molar-refractivity contribution is -0.124. The first-order valence-electron chi connectivity index (χ1n) is 6.30. The van der Waals surface area contributed by atoms with Crippen LogP contribution in [0.15, 0.2) is 30.3 Å². The normalized spacial score (nSPS) is 21.1. The van der Waals surface area contributed by atoms with Crippen LogP contribution in [0, 0.1) is 5.92 Å². The summed E-state index contributed by atoms with van der Waals surface area (Å²) in [6, 6.07) is 10.3. The van der Waals surface area contributed by atoms with E-state index in [0.29, 0.717) is 5.92 Å². The third-order valence-corrected chi connectivity index (χ3v) is 3.38. The van der Waals surface area contributed by atoms with E-state index in [9.17, 15) is 4.79 Å². The van der Waals surface area contributed by atoms with Gasteiger partial charge in [0.1, 0.15) is 0 Å². The molecule has 0 spiro atoms. The van der Waals surface area contributed by atoms with Gasteiger partial charge < -0.3 is 10.6 Å². The zero-order valence-electron chi connectivity index (χ0n) is 10.3. The van der Waals surface area contributed by atoms with E-state index < -0.39 is 0 Å². The summed E-state index contributed by atoms with van der Waals surface area (Å²) in [7, 11) is 0. The number of carbonyl (C=O) groups is 1. The molecule has 3 nitrogen and oxygen atoms in total. The van der Waals surface area contributed by atoms with E-state index in [2.05, 4.69) is 29.7 Å².